The molecule has 144 valence electrons. The van der Waals surface area contributed by atoms with Crippen LogP contribution in [0.5, 0.6) is 0 Å². The first-order valence-corrected chi connectivity index (χ1v) is 9.86. The topological polar surface area (TPSA) is 65.7 Å². The minimum absolute atomic E-state index is 0.0443. The van der Waals surface area contributed by atoms with E-state index in [-0.39, 0.29) is 5.41 Å². The van der Waals surface area contributed by atoms with Crippen LogP contribution in [0.4, 0.5) is 0 Å². The van der Waals surface area contributed by atoms with Crippen LogP contribution < -0.4 is 10.6 Å². The number of thiophene rings is 1. The third-order valence-corrected chi connectivity index (χ3v) is 4.94. The zero-order valence-corrected chi connectivity index (χ0v) is 17.5. The third kappa shape index (κ3) is 5.85. The summed E-state index contributed by atoms with van der Waals surface area (Å²) in [6, 6.07) is 4.56. The summed E-state index contributed by atoms with van der Waals surface area (Å²) in [7, 11) is 4.19. The van der Waals surface area contributed by atoms with Crippen molar-refractivity contribution in [2.24, 2.45) is 4.99 Å². The van der Waals surface area contributed by atoms with Crippen molar-refractivity contribution in [3.8, 4) is 0 Å². The number of nitrogens with one attached hydrogen (secondary N) is 2. The Morgan fingerprint density at radius 1 is 1.35 bits per heavy atom. The van der Waals surface area contributed by atoms with Gasteiger partial charge < -0.3 is 20.0 Å². The molecule has 7 heteroatoms. The van der Waals surface area contributed by atoms with Crippen LogP contribution in [0.15, 0.2) is 33.1 Å². The molecule has 0 amide bonds. The van der Waals surface area contributed by atoms with Crippen molar-refractivity contribution >= 4 is 17.3 Å². The number of aromatic nitrogens is 1. The van der Waals surface area contributed by atoms with Crippen molar-refractivity contribution in [3.05, 3.63) is 40.2 Å². The van der Waals surface area contributed by atoms with E-state index < -0.39 is 0 Å². The van der Waals surface area contributed by atoms with Gasteiger partial charge in [-0.15, -0.1) is 11.3 Å². The lowest BCUT2D eigenvalue weighted by Gasteiger charge is -2.24. The predicted octanol–water partition coefficient (Wildman–Crippen LogP) is 3.39. The molecular formula is C19H31N5OS. The first-order chi connectivity index (χ1) is 12.3. The minimum atomic E-state index is -0.0443. The highest BCUT2D eigenvalue weighted by molar-refractivity contribution is 7.10. The van der Waals surface area contributed by atoms with E-state index in [1.807, 2.05) is 0 Å². The molecule has 26 heavy (non-hydrogen) atoms. The number of guanidine groups is 1. The van der Waals surface area contributed by atoms with Gasteiger partial charge in [-0.2, -0.15) is 0 Å². The maximum Gasteiger partial charge on any atom is 0.216 e. The van der Waals surface area contributed by atoms with E-state index in [0.29, 0.717) is 18.5 Å². The number of aliphatic imine (C=N–C) groups is 1. The number of hydrogen-bond acceptors (Lipinski definition) is 5. The predicted molar refractivity (Wildman–Crippen MR) is 109 cm³/mol. The van der Waals surface area contributed by atoms with Gasteiger partial charge in [0.25, 0.3) is 0 Å². The minimum Gasteiger partial charge on any atom is -0.443 e. The van der Waals surface area contributed by atoms with E-state index in [1.165, 1.54) is 4.88 Å². The number of likely N-dealkylation sites (N-methyl/N-ethyl adjacent to an activating group) is 1. The molecule has 6 nitrogen and oxygen atoms in total. The fourth-order valence-electron chi connectivity index (χ4n) is 2.43. The molecule has 0 radical (unpaired) electrons. The second-order valence-corrected chi connectivity index (χ2v) is 8.42. The molecule has 0 bridgehead atoms. The molecule has 1 atom stereocenters. The zero-order valence-electron chi connectivity index (χ0n) is 16.7. The van der Waals surface area contributed by atoms with Crippen molar-refractivity contribution in [2.75, 3.05) is 27.2 Å². The quantitative estimate of drug-likeness (QED) is 0.572. The van der Waals surface area contributed by atoms with E-state index in [0.717, 1.165) is 24.8 Å². The summed E-state index contributed by atoms with van der Waals surface area (Å²) in [5.74, 6) is 2.28. The first kappa shape index (κ1) is 20.5. The van der Waals surface area contributed by atoms with Gasteiger partial charge in [0.05, 0.1) is 12.2 Å². The number of hydrogen-bond donors (Lipinski definition) is 2. The monoisotopic (exact) mass is 377 g/mol. The largest absolute Gasteiger partial charge is 0.443 e. The number of oxazole rings is 1. The van der Waals surface area contributed by atoms with Crippen LogP contribution in [-0.4, -0.2) is 43.0 Å². The normalized spacial score (nSPS) is 13.9. The molecule has 0 saturated heterocycles. The standard InChI is InChI=1S/C19H31N5OS/c1-7-20-18(22-11-14(24(5)6)15-9-8-10-26-15)23-13-17-21-12-16(25-17)19(2,3)4/h8-10,12,14H,7,11,13H2,1-6H3,(H2,20,22,23). The summed E-state index contributed by atoms with van der Waals surface area (Å²) in [5.41, 5.74) is -0.0443. The van der Waals surface area contributed by atoms with Gasteiger partial charge >= 0.3 is 0 Å². The van der Waals surface area contributed by atoms with Crippen molar-refractivity contribution in [1.29, 1.82) is 0 Å². The Morgan fingerprint density at radius 2 is 2.12 bits per heavy atom. The highest BCUT2D eigenvalue weighted by atomic mass is 32.1. The van der Waals surface area contributed by atoms with Crippen molar-refractivity contribution in [2.45, 2.75) is 45.7 Å². The molecule has 0 aromatic carbocycles. The summed E-state index contributed by atoms with van der Waals surface area (Å²) >= 11 is 1.77. The molecule has 2 rings (SSSR count). The number of rotatable bonds is 7. The van der Waals surface area contributed by atoms with Crippen LogP contribution in [0.25, 0.3) is 0 Å². The molecule has 2 N–H and O–H groups in total. The Kier molecular flexibility index (Phi) is 7.23. The van der Waals surface area contributed by atoms with Gasteiger partial charge in [0.1, 0.15) is 12.3 Å². The Morgan fingerprint density at radius 3 is 2.65 bits per heavy atom. The van der Waals surface area contributed by atoms with Crippen LogP contribution >= 0.6 is 11.3 Å². The molecule has 1 unspecified atom stereocenters. The van der Waals surface area contributed by atoms with E-state index in [4.69, 9.17) is 4.42 Å². The highest BCUT2D eigenvalue weighted by Crippen LogP contribution is 2.23. The van der Waals surface area contributed by atoms with Crippen LogP contribution in [-0.2, 0) is 12.0 Å². The van der Waals surface area contributed by atoms with Crippen LogP contribution in [0.3, 0.4) is 0 Å². The maximum atomic E-state index is 5.82. The fourth-order valence-corrected chi connectivity index (χ4v) is 3.35. The Hall–Kier alpha value is -1.86. The lowest BCUT2D eigenvalue weighted by molar-refractivity contribution is 0.302. The second kappa shape index (κ2) is 9.19. The summed E-state index contributed by atoms with van der Waals surface area (Å²) in [6.07, 6.45) is 1.80. The van der Waals surface area contributed by atoms with Crippen LogP contribution in [0.1, 0.15) is 50.3 Å². The molecule has 0 fully saturated rings. The average molecular weight is 378 g/mol. The molecule has 0 saturated carbocycles. The lowest BCUT2D eigenvalue weighted by Crippen LogP contribution is -2.41. The van der Waals surface area contributed by atoms with Crippen LogP contribution in [0, 0.1) is 0 Å². The van der Waals surface area contributed by atoms with Gasteiger partial charge in [-0.05, 0) is 32.5 Å². The SMILES string of the molecule is CCNC(=NCc1ncc(C(C)(C)C)o1)NCC(c1cccs1)N(C)C. The summed E-state index contributed by atoms with van der Waals surface area (Å²) in [4.78, 5) is 12.5. The average Bonchev–Trinajstić information content (AvgIpc) is 3.23. The summed E-state index contributed by atoms with van der Waals surface area (Å²) in [5, 5.41) is 8.83. The lowest BCUT2D eigenvalue weighted by atomic mass is 9.94. The van der Waals surface area contributed by atoms with Gasteiger partial charge in [0.15, 0.2) is 5.96 Å². The second-order valence-electron chi connectivity index (χ2n) is 7.44. The first-order valence-electron chi connectivity index (χ1n) is 8.98. The molecule has 0 aliphatic carbocycles. The van der Waals surface area contributed by atoms with Crippen molar-refractivity contribution in [3.63, 3.8) is 0 Å². The van der Waals surface area contributed by atoms with Crippen molar-refractivity contribution < 1.29 is 4.42 Å². The molecule has 2 aromatic rings. The fraction of sp³-hybridized carbons (Fsp3) is 0.579. The molecular weight excluding hydrogens is 346 g/mol. The van der Waals surface area contributed by atoms with Gasteiger partial charge in [-0.3, -0.25) is 0 Å². The highest BCUT2D eigenvalue weighted by Gasteiger charge is 2.19. The Bertz CT molecular complexity index is 685. The molecule has 2 aromatic heterocycles. The van der Waals surface area contributed by atoms with E-state index >= 15 is 0 Å². The van der Waals surface area contributed by atoms with Gasteiger partial charge in [-0.1, -0.05) is 26.8 Å². The molecule has 0 aliphatic heterocycles. The van der Waals surface area contributed by atoms with Crippen molar-refractivity contribution in [1.82, 2.24) is 20.5 Å². The van der Waals surface area contributed by atoms with E-state index in [1.54, 1.807) is 17.5 Å². The number of nitrogens with zero attached hydrogens (tertiary/aromatic N) is 3. The van der Waals surface area contributed by atoms with E-state index in [2.05, 4.69) is 84.8 Å². The van der Waals surface area contributed by atoms with Gasteiger partial charge in [0, 0.05) is 23.4 Å². The zero-order chi connectivity index (χ0) is 19.2. The summed E-state index contributed by atoms with van der Waals surface area (Å²) < 4.78 is 5.82. The molecule has 0 spiro atoms. The Labute approximate surface area is 160 Å². The van der Waals surface area contributed by atoms with Crippen LogP contribution in [0.2, 0.25) is 0 Å². The summed E-state index contributed by atoms with van der Waals surface area (Å²) in [6.45, 7) is 10.4. The molecule has 2 heterocycles. The Balaban J connectivity index is 2.01. The van der Waals surface area contributed by atoms with Gasteiger partial charge in [-0.25, -0.2) is 9.98 Å². The maximum absolute atomic E-state index is 5.82. The van der Waals surface area contributed by atoms with E-state index in [9.17, 15) is 0 Å². The molecule has 0 aliphatic rings. The smallest absolute Gasteiger partial charge is 0.216 e. The van der Waals surface area contributed by atoms with Gasteiger partial charge in [0.2, 0.25) is 5.89 Å². The third-order valence-electron chi connectivity index (χ3n) is 3.97.